The van der Waals surface area contributed by atoms with Crippen molar-refractivity contribution in [1.82, 2.24) is 0 Å². The molecule has 0 aromatic heterocycles. The maximum absolute atomic E-state index is 5.95. The van der Waals surface area contributed by atoms with Gasteiger partial charge in [0.05, 0.1) is 0 Å². The van der Waals surface area contributed by atoms with Gasteiger partial charge >= 0.3 is 0 Å². The highest BCUT2D eigenvalue weighted by Crippen LogP contribution is 2.27. The monoisotopic (exact) mass is 348 g/mol. The third-order valence-corrected chi connectivity index (χ3v) is 3.20. The van der Waals surface area contributed by atoms with Crippen molar-refractivity contribution in [2.24, 2.45) is 0 Å². The Morgan fingerprint density at radius 2 is 1.27 bits per heavy atom. The summed E-state index contributed by atoms with van der Waals surface area (Å²) in [5.74, 6) is 0. The van der Waals surface area contributed by atoms with Gasteiger partial charge < -0.3 is 0 Å². The van der Waals surface area contributed by atoms with Gasteiger partial charge in [0.25, 0.3) is 0 Å². The molecule has 2 aromatic rings. The Hall–Kier alpha value is -0.250. The average Bonchev–Trinajstić information content (AvgIpc) is 2.17. The third kappa shape index (κ3) is 2.86. The number of hydrogen-bond donors (Lipinski definition) is 0. The Labute approximate surface area is 112 Å². The largest absolute Gasteiger partial charge is 0.0843 e. The van der Waals surface area contributed by atoms with Gasteiger partial charge in [0, 0.05) is 13.6 Å². The molecular weight excluding hydrogens is 342 g/mol. The molecule has 0 saturated heterocycles. The Kier molecular flexibility index (Phi) is 3.54. The van der Waals surface area contributed by atoms with Gasteiger partial charge in [0.15, 0.2) is 0 Å². The van der Waals surface area contributed by atoms with Crippen LogP contribution in [-0.2, 0) is 0 Å². The van der Waals surface area contributed by atoms with Crippen LogP contribution in [0, 0.1) is 3.57 Å². The van der Waals surface area contributed by atoms with Crippen LogP contribution >= 0.6 is 45.8 Å². The number of hydrogen-bond acceptors (Lipinski definition) is 0. The average molecular weight is 349 g/mol. The molecule has 2 rings (SSSR count). The lowest BCUT2D eigenvalue weighted by Gasteiger charge is -2.03. The Bertz CT molecular complexity index is 457. The summed E-state index contributed by atoms with van der Waals surface area (Å²) in [6, 6.07) is 13.8. The second-order valence-corrected chi connectivity index (χ2v) is 5.28. The lowest BCUT2D eigenvalue weighted by Crippen LogP contribution is -1.79. The van der Waals surface area contributed by atoms with E-state index in [1.54, 1.807) is 6.07 Å². The van der Waals surface area contributed by atoms with Crippen molar-refractivity contribution in [3.05, 3.63) is 56.1 Å². The standard InChI is InChI=1S/C12H7Cl2I/c13-10-5-9(6-11(14)7-10)8-1-3-12(15)4-2-8/h1-7H. The van der Waals surface area contributed by atoms with Crippen molar-refractivity contribution < 1.29 is 0 Å². The van der Waals surface area contributed by atoms with Crippen molar-refractivity contribution in [3.63, 3.8) is 0 Å². The maximum atomic E-state index is 5.95. The molecule has 0 bridgehead atoms. The highest BCUT2D eigenvalue weighted by molar-refractivity contribution is 14.1. The van der Waals surface area contributed by atoms with E-state index >= 15 is 0 Å². The van der Waals surface area contributed by atoms with E-state index in [1.807, 2.05) is 12.1 Å². The maximum Gasteiger partial charge on any atom is 0.0426 e. The lowest BCUT2D eigenvalue weighted by molar-refractivity contribution is 1.59. The highest BCUT2D eigenvalue weighted by Gasteiger charge is 2.00. The predicted octanol–water partition coefficient (Wildman–Crippen LogP) is 5.27. The van der Waals surface area contributed by atoms with Crippen LogP contribution in [0.2, 0.25) is 10.0 Å². The quantitative estimate of drug-likeness (QED) is 0.616. The van der Waals surface area contributed by atoms with Crippen molar-refractivity contribution in [2.45, 2.75) is 0 Å². The molecule has 0 amide bonds. The second kappa shape index (κ2) is 4.73. The minimum atomic E-state index is 0.663. The minimum absolute atomic E-state index is 0.663. The number of halogens is 3. The minimum Gasteiger partial charge on any atom is -0.0843 e. The Morgan fingerprint density at radius 3 is 1.80 bits per heavy atom. The highest BCUT2D eigenvalue weighted by atomic mass is 127. The van der Waals surface area contributed by atoms with E-state index in [-0.39, 0.29) is 0 Å². The summed E-state index contributed by atoms with van der Waals surface area (Å²) in [6.45, 7) is 0. The molecule has 2 aromatic carbocycles. The molecule has 0 nitrogen and oxygen atoms in total. The van der Waals surface area contributed by atoms with Crippen molar-refractivity contribution in [2.75, 3.05) is 0 Å². The van der Waals surface area contributed by atoms with Gasteiger partial charge in [0.2, 0.25) is 0 Å². The zero-order valence-electron chi connectivity index (χ0n) is 7.68. The molecule has 3 heteroatoms. The SMILES string of the molecule is Clc1cc(Cl)cc(-c2ccc(I)cc2)c1. The molecule has 0 aliphatic heterocycles. The third-order valence-electron chi connectivity index (χ3n) is 2.04. The van der Waals surface area contributed by atoms with E-state index in [0.717, 1.165) is 11.1 Å². The normalized spacial score (nSPS) is 10.3. The summed E-state index contributed by atoms with van der Waals surface area (Å²) in [5, 5.41) is 1.33. The van der Waals surface area contributed by atoms with E-state index in [1.165, 1.54) is 3.57 Å². The van der Waals surface area contributed by atoms with Gasteiger partial charge in [-0.25, -0.2) is 0 Å². The van der Waals surface area contributed by atoms with Crippen molar-refractivity contribution in [3.8, 4) is 11.1 Å². The van der Waals surface area contributed by atoms with E-state index in [2.05, 4.69) is 46.9 Å². The summed E-state index contributed by atoms with van der Waals surface area (Å²) in [4.78, 5) is 0. The molecule has 15 heavy (non-hydrogen) atoms. The summed E-state index contributed by atoms with van der Waals surface area (Å²) >= 11 is 14.2. The lowest BCUT2D eigenvalue weighted by atomic mass is 10.1. The summed E-state index contributed by atoms with van der Waals surface area (Å²) < 4.78 is 1.21. The molecule has 0 aliphatic rings. The van der Waals surface area contributed by atoms with Crippen molar-refractivity contribution >= 4 is 45.8 Å². The fourth-order valence-corrected chi connectivity index (χ4v) is 2.25. The first-order valence-corrected chi connectivity index (χ1v) is 6.21. The van der Waals surface area contributed by atoms with Crippen LogP contribution in [0.25, 0.3) is 11.1 Å². The summed E-state index contributed by atoms with van der Waals surface area (Å²) in [5.41, 5.74) is 2.17. The molecule has 0 atom stereocenters. The molecule has 76 valence electrons. The molecule has 0 spiro atoms. The Balaban J connectivity index is 2.49. The van der Waals surface area contributed by atoms with Crippen molar-refractivity contribution in [1.29, 1.82) is 0 Å². The van der Waals surface area contributed by atoms with Gasteiger partial charge in [-0.2, -0.15) is 0 Å². The first-order valence-electron chi connectivity index (χ1n) is 4.37. The Morgan fingerprint density at radius 1 is 0.733 bits per heavy atom. The van der Waals surface area contributed by atoms with Crippen LogP contribution in [0.5, 0.6) is 0 Å². The first kappa shape index (κ1) is 11.2. The molecule has 0 N–H and O–H groups in total. The molecule has 0 radical (unpaired) electrons. The van der Waals surface area contributed by atoms with E-state index < -0.39 is 0 Å². The molecule has 0 saturated carbocycles. The number of benzene rings is 2. The fourth-order valence-electron chi connectivity index (χ4n) is 1.36. The van der Waals surface area contributed by atoms with Crippen LogP contribution in [0.15, 0.2) is 42.5 Å². The smallest absolute Gasteiger partial charge is 0.0426 e. The van der Waals surface area contributed by atoms with Gasteiger partial charge in [-0.15, -0.1) is 0 Å². The van der Waals surface area contributed by atoms with Gasteiger partial charge in [-0.3, -0.25) is 0 Å². The second-order valence-electron chi connectivity index (χ2n) is 3.17. The van der Waals surface area contributed by atoms with Crippen LogP contribution < -0.4 is 0 Å². The van der Waals surface area contributed by atoms with E-state index in [4.69, 9.17) is 23.2 Å². The van der Waals surface area contributed by atoms with E-state index in [0.29, 0.717) is 10.0 Å². The van der Waals surface area contributed by atoms with Crippen LogP contribution in [0.4, 0.5) is 0 Å². The summed E-state index contributed by atoms with van der Waals surface area (Å²) in [7, 11) is 0. The van der Waals surface area contributed by atoms with Gasteiger partial charge in [0.1, 0.15) is 0 Å². The number of rotatable bonds is 1. The first-order chi connectivity index (χ1) is 7.15. The fraction of sp³-hybridized carbons (Fsp3) is 0. The molecule has 0 unspecified atom stereocenters. The van der Waals surface area contributed by atoms with Gasteiger partial charge in [-0.1, -0.05) is 35.3 Å². The predicted molar refractivity (Wildman–Crippen MR) is 74.6 cm³/mol. The van der Waals surface area contributed by atoms with Crippen LogP contribution in [-0.4, -0.2) is 0 Å². The molecule has 0 aliphatic carbocycles. The zero-order valence-corrected chi connectivity index (χ0v) is 11.3. The van der Waals surface area contributed by atoms with Crippen LogP contribution in [0.1, 0.15) is 0 Å². The van der Waals surface area contributed by atoms with Crippen LogP contribution in [0.3, 0.4) is 0 Å². The molecule has 0 heterocycles. The molecule has 0 fully saturated rings. The molecular formula is C12H7Cl2I. The van der Waals surface area contributed by atoms with Gasteiger partial charge in [-0.05, 0) is 64.0 Å². The zero-order chi connectivity index (χ0) is 10.8. The van der Waals surface area contributed by atoms with E-state index in [9.17, 15) is 0 Å². The topological polar surface area (TPSA) is 0 Å². The summed E-state index contributed by atoms with van der Waals surface area (Å²) in [6.07, 6.45) is 0.